The van der Waals surface area contributed by atoms with Gasteiger partial charge < -0.3 is 0 Å². The molecule has 0 aliphatic heterocycles. The standard InChI is InChI=1S/C11H14N2S/c1-2-7-13-11(5-3-4-6-11)10-12-8-9-14-10/h1,8-9,13H,3-7H2. The van der Waals surface area contributed by atoms with E-state index in [1.807, 2.05) is 11.6 Å². The molecule has 0 saturated heterocycles. The minimum atomic E-state index is 0.0839. The van der Waals surface area contributed by atoms with Gasteiger partial charge >= 0.3 is 0 Å². The SMILES string of the molecule is C#CCNC1(c2nccs2)CCCC1. The lowest BCUT2D eigenvalue weighted by Crippen LogP contribution is -2.39. The van der Waals surface area contributed by atoms with Crippen LogP contribution in [0.25, 0.3) is 0 Å². The van der Waals surface area contributed by atoms with Crippen LogP contribution in [0.2, 0.25) is 0 Å². The quantitative estimate of drug-likeness (QED) is 0.766. The molecule has 1 saturated carbocycles. The predicted octanol–water partition coefficient (Wildman–Crippen LogP) is 2.14. The molecule has 1 aliphatic carbocycles. The van der Waals surface area contributed by atoms with Crippen molar-refractivity contribution < 1.29 is 0 Å². The second-order valence-electron chi connectivity index (χ2n) is 3.68. The zero-order valence-electron chi connectivity index (χ0n) is 8.12. The highest BCUT2D eigenvalue weighted by atomic mass is 32.1. The second-order valence-corrected chi connectivity index (χ2v) is 4.58. The average Bonchev–Trinajstić information content (AvgIpc) is 2.86. The van der Waals surface area contributed by atoms with Gasteiger partial charge in [-0.25, -0.2) is 4.98 Å². The third-order valence-electron chi connectivity index (χ3n) is 2.83. The maximum Gasteiger partial charge on any atom is 0.113 e. The highest BCUT2D eigenvalue weighted by molar-refractivity contribution is 7.09. The summed E-state index contributed by atoms with van der Waals surface area (Å²) in [6.45, 7) is 0.638. The van der Waals surface area contributed by atoms with E-state index in [0.29, 0.717) is 6.54 Å². The van der Waals surface area contributed by atoms with Crippen molar-refractivity contribution in [3.63, 3.8) is 0 Å². The first-order valence-corrected chi connectivity index (χ1v) is 5.84. The van der Waals surface area contributed by atoms with E-state index in [-0.39, 0.29) is 5.54 Å². The Hall–Kier alpha value is -0.850. The van der Waals surface area contributed by atoms with Crippen molar-refractivity contribution in [2.75, 3.05) is 6.54 Å². The zero-order chi connectivity index (χ0) is 9.86. The number of nitrogens with one attached hydrogen (secondary N) is 1. The summed E-state index contributed by atoms with van der Waals surface area (Å²) in [4.78, 5) is 4.41. The number of terminal acetylenes is 1. The van der Waals surface area contributed by atoms with Gasteiger partial charge in [0.2, 0.25) is 0 Å². The largest absolute Gasteiger partial charge is 0.295 e. The van der Waals surface area contributed by atoms with Gasteiger partial charge in [-0.2, -0.15) is 0 Å². The Morgan fingerprint density at radius 2 is 2.36 bits per heavy atom. The molecule has 2 nitrogen and oxygen atoms in total. The van der Waals surface area contributed by atoms with Crippen LogP contribution >= 0.6 is 11.3 Å². The fraction of sp³-hybridized carbons (Fsp3) is 0.545. The van der Waals surface area contributed by atoms with Gasteiger partial charge in [-0.05, 0) is 12.8 Å². The summed E-state index contributed by atoms with van der Waals surface area (Å²) in [7, 11) is 0. The molecule has 3 heteroatoms. The Bertz CT molecular complexity index is 318. The highest BCUT2D eigenvalue weighted by Crippen LogP contribution is 2.39. The summed E-state index contributed by atoms with van der Waals surface area (Å²) in [6, 6.07) is 0. The van der Waals surface area contributed by atoms with Gasteiger partial charge in [0.05, 0.1) is 12.1 Å². The van der Waals surface area contributed by atoms with E-state index in [9.17, 15) is 0 Å². The fourth-order valence-corrected chi connectivity index (χ4v) is 3.00. The molecular weight excluding hydrogens is 192 g/mol. The smallest absolute Gasteiger partial charge is 0.113 e. The van der Waals surface area contributed by atoms with Crippen LogP contribution in [0.4, 0.5) is 0 Å². The summed E-state index contributed by atoms with van der Waals surface area (Å²) in [6.07, 6.45) is 12.0. The number of aromatic nitrogens is 1. The lowest BCUT2D eigenvalue weighted by Gasteiger charge is -2.27. The molecule has 0 atom stereocenters. The number of rotatable bonds is 3. The summed E-state index contributed by atoms with van der Waals surface area (Å²) >= 11 is 1.73. The monoisotopic (exact) mass is 206 g/mol. The van der Waals surface area contributed by atoms with Crippen LogP contribution in [-0.4, -0.2) is 11.5 Å². The number of thiazole rings is 1. The highest BCUT2D eigenvalue weighted by Gasteiger charge is 2.36. The Balaban J connectivity index is 2.19. The van der Waals surface area contributed by atoms with Crippen LogP contribution in [0.1, 0.15) is 30.7 Å². The van der Waals surface area contributed by atoms with Crippen molar-refractivity contribution in [1.82, 2.24) is 10.3 Å². The molecule has 1 N–H and O–H groups in total. The molecule has 14 heavy (non-hydrogen) atoms. The maximum atomic E-state index is 5.29. The zero-order valence-corrected chi connectivity index (χ0v) is 8.94. The Labute approximate surface area is 88.8 Å². The lowest BCUT2D eigenvalue weighted by molar-refractivity contribution is 0.358. The van der Waals surface area contributed by atoms with Crippen molar-refractivity contribution in [2.24, 2.45) is 0 Å². The minimum Gasteiger partial charge on any atom is -0.295 e. The molecule has 0 radical (unpaired) electrons. The van der Waals surface area contributed by atoms with Gasteiger partial charge in [0.1, 0.15) is 5.01 Å². The molecule has 1 fully saturated rings. The van der Waals surface area contributed by atoms with Crippen LogP contribution < -0.4 is 5.32 Å². The van der Waals surface area contributed by atoms with E-state index < -0.39 is 0 Å². The van der Waals surface area contributed by atoms with E-state index in [1.54, 1.807) is 11.3 Å². The number of nitrogens with zero attached hydrogens (tertiary/aromatic N) is 1. The summed E-state index contributed by atoms with van der Waals surface area (Å²) in [5.41, 5.74) is 0.0839. The van der Waals surface area contributed by atoms with Crippen molar-refractivity contribution >= 4 is 11.3 Å². The Kier molecular flexibility index (Phi) is 2.85. The van der Waals surface area contributed by atoms with Gasteiger partial charge in [-0.15, -0.1) is 17.8 Å². The summed E-state index contributed by atoms with van der Waals surface area (Å²) in [5, 5.41) is 6.69. The first-order chi connectivity index (χ1) is 6.87. The van der Waals surface area contributed by atoms with Crippen molar-refractivity contribution in [1.29, 1.82) is 0 Å². The third-order valence-corrected chi connectivity index (χ3v) is 3.80. The van der Waals surface area contributed by atoms with E-state index >= 15 is 0 Å². The van der Waals surface area contributed by atoms with E-state index in [1.165, 1.54) is 30.7 Å². The van der Waals surface area contributed by atoms with Gasteiger partial charge in [-0.3, -0.25) is 5.32 Å². The normalized spacial score (nSPS) is 19.4. The molecule has 1 aromatic rings. The topological polar surface area (TPSA) is 24.9 Å². The molecule has 1 aliphatic rings. The van der Waals surface area contributed by atoms with Gasteiger partial charge in [0.15, 0.2) is 0 Å². The summed E-state index contributed by atoms with van der Waals surface area (Å²) in [5.74, 6) is 2.65. The molecule has 0 unspecified atom stereocenters. The van der Waals surface area contributed by atoms with Gasteiger partial charge in [-0.1, -0.05) is 18.8 Å². The molecule has 1 aromatic heterocycles. The molecule has 0 amide bonds. The van der Waals surface area contributed by atoms with E-state index in [0.717, 1.165) is 0 Å². The number of hydrogen-bond donors (Lipinski definition) is 1. The summed E-state index contributed by atoms with van der Waals surface area (Å²) < 4.78 is 0. The van der Waals surface area contributed by atoms with Crippen molar-refractivity contribution in [2.45, 2.75) is 31.2 Å². The molecule has 74 valence electrons. The number of hydrogen-bond acceptors (Lipinski definition) is 3. The van der Waals surface area contributed by atoms with Crippen LogP contribution in [0.3, 0.4) is 0 Å². The van der Waals surface area contributed by atoms with Gasteiger partial charge in [0.25, 0.3) is 0 Å². The van der Waals surface area contributed by atoms with Crippen LogP contribution in [-0.2, 0) is 5.54 Å². The molecule has 0 bridgehead atoms. The second kappa shape index (κ2) is 4.12. The van der Waals surface area contributed by atoms with Crippen molar-refractivity contribution in [3.8, 4) is 12.3 Å². The van der Waals surface area contributed by atoms with Crippen LogP contribution in [0, 0.1) is 12.3 Å². The van der Waals surface area contributed by atoms with E-state index in [2.05, 4.69) is 16.2 Å². The first kappa shape index (κ1) is 9.70. The Morgan fingerprint density at radius 1 is 1.57 bits per heavy atom. The third kappa shape index (κ3) is 1.68. The molecule has 0 spiro atoms. The molecule has 2 rings (SSSR count). The molecular formula is C11H14N2S. The van der Waals surface area contributed by atoms with E-state index in [4.69, 9.17) is 6.42 Å². The van der Waals surface area contributed by atoms with Crippen LogP contribution in [0.5, 0.6) is 0 Å². The fourth-order valence-electron chi connectivity index (χ4n) is 2.12. The van der Waals surface area contributed by atoms with Crippen molar-refractivity contribution in [3.05, 3.63) is 16.6 Å². The minimum absolute atomic E-state index is 0.0839. The molecule has 0 aromatic carbocycles. The Morgan fingerprint density at radius 3 is 2.93 bits per heavy atom. The van der Waals surface area contributed by atoms with Gasteiger partial charge in [0, 0.05) is 11.6 Å². The van der Waals surface area contributed by atoms with Crippen LogP contribution in [0.15, 0.2) is 11.6 Å². The predicted molar refractivity (Wildman–Crippen MR) is 59.1 cm³/mol. The first-order valence-electron chi connectivity index (χ1n) is 4.96. The molecule has 1 heterocycles. The maximum absolute atomic E-state index is 5.29. The lowest BCUT2D eigenvalue weighted by atomic mass is 9.98. The average molecular weight is 206 g/mol.